The van der Waals surface area contributed by atoms with E-state index in [2.05, 4.69) is 5.32 Å². The molecule has 1 aromatic heterocycles. The van der Waals surface area contributed by atoms with Crippen LogP contribution >= 0.6 is 11.8 Å². The second-order valence-corrected chi connectivity index (χ2v) is 8.82. The predicted octanol–water partition coefficient (Wildman–Crippen LogP) is 6.08. The Morgan fingerprint density at radius 1 is 1.12 bits per heavy atom. The maximum absolute atomic E-state index is 13.3. The lowest BCUT2D eigenvalue weighted by molar-refractivity contribution is -0.137. The molecular weight excluding hydrogens is 449 g/mol. The van der Waals surface area contributed by atoms with Crippen LogP contribution in [0.15, 0.2) is 64.4 Å². The average molecular weight is 475 g/mol. The topological polar surface area (TPSA) is 51.1 Å². The summed E-state index contributed by atoms with van der Waals surface area (Å²) < 4.78 is 41.5. The van der Waals surface area contributed by atoms with Gasteiger partial charge in [0.05, 0.1) is 5.56 Å². The summed E-state index contributed by atoms with van der Waals surface area (Å²) in [7, 11) is 0. The fourth-order valence-electron chi connectivity index (χ4n) is 3.63. The Labute approximate surface area is 194 Å². The van der Waals surface area contributed by atoms with Crippen molar-refractivity contribution in [3.05, 3.63) is 87.3 Å². The van der Waals surface area contributed by atoms with E-state index in [1.165, 1.54) is 18.3 Å². The molecule has 174 valence electrons. The summed E-state index contributed by atoms with van der Waals surface area (Å²) in [6, 6.07) is 12.2. The highest BCUT2D eigenvalue weighted by molar-refractivity contribution is 7.98. The third-order valence-electron chi connectivity index (χ3n) is 5.38. The maximum Gasteiger partial charge on any atom is 0.416 e. The fraction of sp³-hybridized carbons (Fsp3) is 0.280. The molecule has 0 saturated carbocycles. The van der Waals surface area contributed by atoms with Crippen LogP contribution < -0.4 is 10.7 Å². The summed E-state index contributed by atoms with van der Waals surface area (Å²) >= 11 is 1.61. The van der Waals surface area contributed by atoms with Crippen molar-refractivity contribution < 1.29 is 18.0 Å². The first-order chi connectivity index (χ1) is 15.5. The zero-order chi connectivity index (χ0) is 24.3. The van der Waals surface area contributed by atoms with Gasteiger partial charge < -0.3 is 9.88 Å². The van der Waals surface area contributed by atoms with E-state index in [0.29, 0.717) is 5.69 Å². The van der Waals surface area contributed by atoms with Gasteiger partial charge in [-0.2, -0.15) is 13.2 Å². The molecule has 0 radical (unpaired) electrons. The molecule has 1 N–H and O–H groups in total. The zero-order valence-electron chi connectivity index (χ0n) is 18.8. The van der Waals surface area contributed by atoms with Crippen molar-refractivity contribution >= 4 is 17.7 Å². The smallest absolute Gasteiger partial charge is 0.348 e. The molecule has 1 heterocycles. The number of carbonyl (C=O) groups is 1. The third-order valence-corrected chi connectivity index (χ3v) is 6.12. The monoisotopic (exact) mass is 474 g/mol. The molecule has 0 atom stereocenters. The molecule has 0 unspecified atom stereocenters. The summed E-state index contributed by atoms with van der Waals surface area (Å²) in [6.45, 7) is 5.65. The van der Waals surface area contributed by atoms with Gasteiger partial charge in [-0.25, -0.2) is 0 Å². The van der Waals surface area contributed by atoms with E-state index in [-0.39, 0.29) is 29.3 Å². The van der Waals surface area contributed by atoms with E-state index >= 15 is 0 Å². The molecule has 2 aromatic carbocycles. The van der Waals surface area contributed by atoms with Crippen molar-refractivity contribution in [1.82, 2.24) is 9.88 Å². The van der Waals surface area contributed by atoms with Crippen LogP contribution in [0.25, 0.3) is 11.1 Å². The van der Waals surface area contributed by atoms with Gasteiger partial charge in [0, 0.05) is 34.9 Å². The lowest BCUT2D eigenvalue weighted by atomic mass is 9.98. The van der Waals surface area contributed by atoms with E-state index in [0.717, 1.165) is 22.6 Å². The summed E-state index contributed by atoms with van der Waals surface area (Å²) in [5, 5.41) is 2.75. The lowest BCUT2D eigenvalue weighted by Crippen LogP contribution is -2.31. The van der Waals surface area contributed by atoms with Crippen LogP contribution in [0, 0.1) is 6.92 Å². The summed E-state index contributed by atoms with van der Waals surface area (Å²) in [6.07, 6.45) is -1.09. The Morgan fingerprint density at radius 2 is 1.79 bits per heavy atom. The minimum Gasteiger partial charge on any atom is -0.348 e. The second-order valence-electron chi connectivity index (χ2n) is 7.94. The van der Waals surface area contributed by atoms with Crippen molar-refractivity contribution in [3.63, 3.8) is 0 Å². The van der Waals surface area contributed by atoms with Crippen molar-refractivity contribution in [2.45, 2.75) is 44.4 Å². The standard InChI is InChI=1S/C25H25F3N2O2S/c1-15(2)30-14-21(24(32)29-13-17-8-10-20(33-4)11-9-17)23(31)22(16(30)3)18-6-5-7-19(12-18)25(26,27)28/h5-12,14-15H,13H2,1-4H3,(H,29,32). The van der Waals surface area contributed by atoms with E-state index in [9.17, 15) is 22.8 Å². The normalized spacial score (nSPS) is 11.6. The van der Waals surface area contributed by atoms with Crippen LogP contribution in [0.2, 0.25) is 0 Å². The van der Waals surface area contributed by atoms with Crippen LogP contribution in [-0.2, 0) is 12.7 Å². The number of benzene rings is 2. The van der Waals surface area contributed by atoms with E-state index in [4.69, 9.17) is 0 Å². The molecule has 0 aliphatic heterocycles. The first kappa shape index (κ1) is 24.6. The number of hydrogen-bond donors (Lipinski definition) is 1. The summed E-state index contributed by atoms with van der Waals surface area (Å²) in [5.74, 6) is -0.573. The van der Waals surface area contributed by atoms with E-state index < -0.39 is 23.1 Å². The molecule has 0 aliphatic carbocycles. The number of rotatable bonds is 6. The number of amides is 1. The van der Waals surface area contributed by atoms with E-state index in [1.807, 2.05) is 44.4 Å². The quantitative estimate of drug-likeness (QED) is 0.441. The van der Waals surface area contributed by atoms with Crippen molar-refractivity contribution in [2.75, 3.05) is 6.26 Å². The van der Waals surface area contributed by atoms with Crippen molar-refractivity contribution in [3.8, 4) is 11.1 Å². The van der Waals surface area contributed by atoms with Crippen LogP contribution in [-0.4, -0.2) is 16.7 Å². The van der Waals surface area contributed by atoms with Crippen molar-refractivity contribution in [2.24, 2.45) is 0 Å². The number of carbonyl (C=O) groups excluding carboxylic acids is 1. The van der Waals surface area contributed by atoms with Crippen LogP contribution in [0.5, 0.6) is 0 Å². The molecule has 3 aromatic rings. The SMILES string of the molecule is CSc1ccc(CNC(=O)c2cn(C(C)C)c(C)c(-c3cccc(C(F)(F)F)c3)c2=O)cc1. The maximum atomic E-state index is 13.3. The van der Waals surface area contributed by atoms with Gasteiger partial charge in [-0.05, 0) is 62.4 Å². The van der Waals surface area contributed by atoms with Gasteiger partial charge in [0.25, 0.3) is 5.91 Å². The van der Waals surface area contributed by atoms with Crippen LogP contribution in [0.1, 0.15) is 47.1 Å². The number of pyridine rings is 1. The minimum atomic E-state index is -4.54. The highest BCUT2D eigenvalue weighted by atomic mass is 32.2. The molecule has 0 bridgehead atoms. The van der Waals surface area contributed by atoms with Gasteiger partial charge in [0.1, 0.15) is 5.56 Å². The molecule has 0 aliphatic rings. The molecule has 1 amide bonds. The molecule has 33 heavy (non-hydrogen) atoms. The third kappa shape index (κ3) is 5.50. The molecule has 3 rings (SSSR count). The van der Waals surface area contributed by atoms with Gasteiger partial charge in [0.15, 0.2) is 0 Å². The average Bonchev–Trinajstić information content (AvgIpc) is 2.77. The van der Waals surface area contributed by atoms with Gasteiger partial charge in [-0.15, -0.1) is 11.8 Å². The molecule has 0 saturated heterocycles. The molecular formula is C25H25F3N2O2S. The number of nitrogens with zero attached hydrogens (tertiary/aromatic N) is 1. The molecule has 8 heteroatoms. The fourth-order valence-corrected chi connectivity index (χ4v) is 4.04. The molecule has 4 nitrogen and oxygen atoms in total. The van der Waals surface area contributed by atoms with Crippen molar-refractivity contribution in [1.29, 1.82) is 0 Å². The number of halogens is 3. The first-order valence-corrected chi connectivity index (χ1v) is 11.6. The summed E-state index contributed by atoms with van der Waals surface area (Å²) in [5.41, 5.74) is 0.0322. The first-order valence-electron chi connectivity index (χ1n) is 10.4. The predicted molar refractivity (Wildman–Crippen MR) is 126 cm³/mol. The molecule has 0 spiro atoms. The van der Waals surface area contributed by atoms with Gasteiger partial charge >= 0.3 is 6.18 Å². The number of nitrogens with one attached hydrogen (secondary N) is 1. The zero-order valence-corrected chi connectivity index (χ0v) is 19.6. The molecule has 0 fully saturated rings. The van der Waals surface area contributed by atoms with Gasteiger partial charge in [-0.1, -0.05) is 24.3 Å². The van der Waals surface area contributed by atoms with Crippen LogP contribution in [0.4, 0.5) is 13.2 Å². The van der Waals surface area contributed by atoms with Crippen LogP contribution in [0.3, 0.4) is 0 Å². The number of hydrogen-bond acceptors (Lipinski definition) is 3. The number of aromatic nitrogens is 1. The highest BCUT2D eigenvalue weighted by Gasteiger charge is 2.31. The number of thioether (sulfide) groups is 1. The highest BCUT2D eigenvalue weighted by Crippen LogP contribution is 2.32. The Morgan fingerprint density at radius 3 is 2.36 bits per heavy atom. The Balaban J connectivity index is 2.03. The van der Waals surface area contributed by atoms with Gasteiger partial charge in [0.2, 0.25) is 5.43 Å². The Kier molecular flexibility index (Phi) is 7.37. The number of alkyl halides is 3. The Hall–Kier alpha value is -3.00. The largest absolute Gasteiger partial charge is 0.416 e. The summed E-state index contributed by atoms with van der Waals surface area (Å²) in [4.78, 5) is 27.3. The minimum absolute atomic E-state index is 0.0896. The van der Waals surface area contributed by atoms with Gasteiger partial charge in [-0.3, -0.25) is 9.59 Å². The Bertz CT molecular complexity index is 1220. The second kappa shape index (κ2) is 9.87. The van der Waals surface area contributed by atoms with E-state index in [1.54, 1.807) is 23.3 Å². The lowest BCUT2D eigenvalue weighted by Gasteiger charge is -2.20.